The third-order valence-corrected chi connectivity index (χ3v) is 5.69. The van der Waals surface area contributed by atoms with E-state index >= 15 is 0 Å². The van der Waals surface area contributed by atoms with E-state index in [4.69, 9.17) is 0 Å². The Balaban J connectivity index is 1.38. The van der Waals surface area contributed by atoms with E-state index < -0.39 is 0 Å². The second-order valence-corrected chi connectivity index (χ2v) is 7.44. The van der Waals surface area contributed by atoms with Crippen molar-refractivity contribution in [1.29, 1.82) is 0 Å². The van der Waals surface area contributed by atoms with Crippen LogP contribution in [0, 0.1) is 0 Å². The molecule has 1 aliphatic heterocycles. The number of aromatic nitrogens is 1. The number of amides is 1. The van der Waals surface area contributed by atoms with Crippen molar-refractivity contribution < 1.29 is 9.90 Å². The quantitative estimate of drug-likeness (QED) is 0.721. The van der Waals surface area contributed by atoms with Crippen LogP contribution in [-0.2, 0) is 17.8 Å². The number of aromatic amines is 1. The van der Waals surface area contributed by atoms with Gasteiger partial charge in [-0.05, 0) is 42.0 Å². The first-order valence-corrected chi connectivity index (χ1v) is 9.77. The number of piperidine rings is 1. The molecule has 4 rings (SSSR count). The number of fused-ring (bicyclic) bond motifs is 1. The van der Waals surface area contributed by atoms with Gasteiger partial charge in [-0.15, -0.1) is 0 Å². The number of aryl methyl sites for hydroxylation is 1. The fraction of sp³-hybridized carbons (Fsp3) is 0.348. The van der Waals surface area contributed by atoms with Crippen LogP contribution in [-0.4, -0.2) is 34.0 Å². The van der Waals surface area contributed by atoms with Crippen LogP contribution < -0.4 is 0 Å². The summed E-state index contributed by atoms with van der Waals surface area (Å²) in [5.74, 6) is 0.639. The van der Waals surface area contributed by atoms with Crippen LogP contribution in [0.4, 0.5) is 0 Å². The van der Waals surface area contributed by atoms with Crippen molar-refractivity contribution in [2.45, 2.75) is 38.2 Å². The van der Waals surface area contributed by atoms with Crippen molar-refractivity contribution in [3.05, 3.63) is 71.4 Å². The van der Waals surface area contributed by atoms with Gasteiger partial charge in [-0.25, -0.2) is 0 Å². The smallest absolute Gasteiger partial charge is 0.222 e. The molecular formula is C23H26N2O2. The molecule has 140 valence electrons. The van der Waals surface area contributed by atoms with E-state index in [0.29, 0.717) is 12.3 Å². The number of hydrogen-bond acceptors (Lipinski definition) is 2. The molecular weight excluding hydrogens is 336 g/mol. The number of benzene rings is 2. The molecule has 27 heavy (non-hydrogen) atoms. The Bertz CT molecular complexity index is 914. The van der Waals surface area contributed by atoms with Crippen molar-refractivity contribution in [1.82, 2.24) is 9.88 Å². The number of carbonyl (C=O) groups is 1. The average molecular weight is 362 g/mol. The molecule has 1 fully saturated rings. The van der Waals surface area contributed by atoms with E-state index in [1.807, 2.05) is 35.4 Å². The molecule has 2 heterocycles. The number of aliphatic hydroxyl groups is 1. The lowest BCUT2D eigenvalue weighted by atomic mass is 9.90. The van der Waals surface area contributed by atoms with Gasteiger partial charge < -0.3 is 15.0 Å². The number of rotatable bonds is 5. The van der Waals surface area contributed by atoms with Crippen molar-refractivity contribution in [2.75, 3.05) is 13.1 Å². The Morgan fingerprint density at radius 3 is 2.78 bits per heavy atom. The minimum atomic E-state index is 0.0728. The first-order valence-electron chi connectivity index (χ1n) is 9.77. The van der Waals surface area contributed by atoms with E-state index in [9.17, 15) is 9.90 Å². The van der Waals surface area contributed by atoms with Crippen LogP contribution in [0.5, 0.6) is 0 Å². The predicted octanol–water partition coefficient (Wildman–Crippen LogP) is 4.00. The van der Waals surface area contributed by atoms with Gasteiger partial charge in [0, 0.05) is 42.5 Å². The van der Waals surface area contributed by atoms with Gasteiger partial charge in [0.05, 0.1) is 6.61 Å². The number of aliphatic hydroxyl groups excluding tert-OH is 1. The van der Waals surface area contributed by atoms with Gasteiger partial charge in [-0.3, -0.25) is 4.79 Å². The highest BCUT2D eigenvalue weighted by Gasteiger charge is 2.24. The summed E-state index contributed by atoms with van der Waals surface area (Å²) in [5.41, 5.74) is 4.54. The molecule has 1 saturated heterocycles. The minimum absolute atomic E-state index is 0.0728. The summed E-state index contributed by atoms with van der Waals surface area (Å²) < 4.78 is 0. The van der Waals surface area contributed by atoms with E-state index in [1.165, 1.54) is 16.5 Å². The second-order valence-electron chi connectivity index (χ2n) is 7.44. The standard InChI is InChI=1S/C23H26N2O2/c26-16-17-7-9-18(10-8-17)20-4-3-13-25(15-20)23(27)12-11-19-14-24-22-6-2-1-5-21(19)22/h1-2,5-10,14,20,24,26H,3-4,11-13,15-16H2. The van der Waals surface area contributed by atoms with Gasteiger partial charge in [-0.2, -0.15) is 0 Å². The number of carbonyl (C=O) groups excluding carboxylic acids is 1. The summed E-state index contributed by atoms with van der Waals surface area (Å²) in [6, 6.07) is 16.4. The lowest BCUT2D eigenvalue weighted by Gasteiger charge is -2.33. The zero-order valence-electron chi connectivity index (χ0n) is 15.5. The highest BCUT2D eigenvalue weighted by atomic mass is 16.3. The SMILES string of the molecule is O=C(CCc1c[nH]c2ccccc12)N1CCCC(c2ccc(CO)cc2)C1. The molecule has 0 spiro atoms. The summed E-state index contributed by atoms with van der Waals surface area (Å²) >= 11 is 0. The van der Waals surface area contributed by atoms with Gasteiger partial charge in [0.1, 0.15) is 0 Å². The molecule has 3 aromatic rings. The van der Waals surface area contributed by atoms with Gasteiger partial charge in [0.2, 0.25) is 5.91 Å². The normalized spacial score (nSPS) is 17.4. The van der Waals surface area contributed by atoms with Crippen molar-refractivity contribution in [3.63, 3.8) is 0 Å². The maximum Gasteiger partial charge on any atom is 0.222 e. The lowest BCUT2D eigenvalue weighted by Crippen LogP contribution is -2.39. The Kier molecular flexibility index (Phi) is 5.26. The molecule has 4 heteroatoms. The van der Waals surface area contributed by atoms with Crippen molar-refractivity contribution in [3.8, 4) is 0 Å². The molecule has 2 N–H and O–H groups in total. The first kappa shape index (κ1) is 17.8. The number of nitrogens with one attached hydrogen (secondary N) is 1. The monoisotopic (exact) mass is 362 g/mol. The van der Waals surface area contributed by atoms with E-state index in [2.05, 4.69) is 29.2 Å². The molecule has 1 aliphatic rings. The Morgan fingerprint density at radius 1 is 1.15 bits per heavy atom. The van der Waals surface area contributed by atoms with E-state index in [-0.39, 0.29) is 12.5 Å². The van der Waals surface area contributed by atoms with Crippen molar-refractivity contribution >= 4 is 16.8 Å². The summed E-state index contributed by atoms with van der Waals surface area (Å²) in [5, 5.41) is 10.4. The molecule has 1 unspecified atom stereocenters. The van der Waals surface area contributed by atoms with Crippen LogP contribution in [0.2, 0.25) is 0 Å². The fourth-order valence-electron chi connectivity index (χ4n) is 4.11. The molecule has 1 atom stereocenters. The number of nitrogens with zero attached hydrogens (tertiary/aromatic N) is 1. The molecule has 0 bridgehead atoms. The summed E-state index contributed by atoms with van der Waals surface area (Å²) in [6.45, 7) is 1.73. The molecule has 2 aromatic carbocycles. The maximum atomic E-state index is 12.8. The molecule has 4 nitrogen and oxygen atoms in total. The third kappa shape index (κ3) is 3.91. The number of H-pyrrole nitrogens is 1. The van der Waals surface area contributed by atoms with Gasteiger partial charge in [0.15, 0.2) is 0 Å². The van der Waals surface area contributed by atoms with Gasteiger partial charge in [-0.1, -0.05) is 42.5 Å². The number of hydrogen-bond donors (Lipinski definition) is 2. The Morgan fingerprint density at radius 2 is 1.96 bits per heavy atom. The van der Waals surface area contributed by atoms with Gasteiger partial charge >= 0.3 is 0 Å². The molecule has 0 aliphatic carbocycles. The third-order valence-electron chi connectivity index (χ3n) is 5.69. The molecule has 1 amide bonds. The van der Waals surface area contributed by atoms with E-state index in [1.54, 1.807) is 0 Å². The molecule has 0 saturated carbocycles. The topological polar surface area (TPSA) is 56.3 Å². The zero-order chi connectivity index (χ0) is 18.6. The Hall–Kier alpha value is -2.59. The van der Waals surface area contributed by atoms with Gasteiger partial charge in [0.25, 0.3) is 0 Å². The van der Waals surface area contributed by atoms with Crippen LogP contribution >= 0.6 is 0 Å². The summed E-state index contributed by atoms with van der Waals surface area (Å²) in [6.07, 6.45) is 5.52. The number of likely N-dealkylation sites (tertiary alicyclic amines) is 1. The van der Waals surface area contributed by atoms with Crippen LogP contribution in [0.3, 0.4) is 0 Å². The predicted molar refractivity (Wildman–Crippen MR) is 108 cm³/mol. The van der Waals surface area contributed by atoms with Crippen LogP contribution in [0.15, 0.2) is 54.7 Å². The first-order chi connectivity index (χ1) is 13.2. The highest BCUT2D eigenvalue weighted by molar-refractivity contribution is 5.84. The van der Waals surface area contributed by atoms with E-state index in [0.717, 1.165) is 43.4 Å². The van der Waals surface area contributed by atoms with Crippen molar-refractivity contribution in [2.24, 2.45) is 0 Å². The largest absolute Gasteiger partial charge is 0.392 e. The average Bonchev–Trinajstić information content (AvgIpc) is 3.15. The Labute approximate surface area is 159 Å². The maximum absolute atomic E-state index is 12.8. The molecule has 0 radical (unpaired) electrons. The summed E-state index contributed by atoms with van der Waals surface area (Å²) in [7, 11) is 0. The van der Waals surface area contributed by atoms with Crippen LogP contribution in [0.25, 0.3) is 10.9 Å². The lowest BCUT2D eigenvalue weighted by molar-refractivity contribution is -0.132. The highest BCUT2D eigenvalue weighted by Crippen LogP contribution is 2.28. The molecule has 1 aromatic heterocycles. The number of para-hydroxylation sites is 1. The summed E-state index contributed by atoms with van der Waals surface area (Å²) in [4.78, 5) is 18.1. The second kappa shape index (κ2) is 7.97. The van der Waals surface area contributed by atoms with Crippen LogP contribution in [0.1, 0.15) is 41.9 Å². The zero-order valence-corrected chi connectivity index (χ0v) is 15.5. The minimum Gasteiger partial charge on any atom is -0.392 e. The fourth-order valence-corrected chi connectivity index (χ4v) is 4.11.